The minimum Gasteiger partial charge on any atom is -0.493 e. The predicted molar refractivity (Wildman–Crippen MR) is 104 cm³/mol. The van der Waals surface area contributed by atoms with Crippen molar-refractivity contribution in [3.8, 4) is 23.1 Å². The molecule has 0 bridgehead atoms. The Kier molecular flexibility index (Phi) is 5.77. The second kappa shape index (κ2) is 8.42. The summed E-state index contributed by atoms with van der Waals surface area (Å²) in [5.74, 6) is -0.286. The SMILES string of the molecule is COc1ccc(NC(=O)c2nn(-c3cccc(F)c3)c(OC)cc2=O)cc1OC. The van der Waals surface area contributed by atoms with Gasteiger partial charge in [0.05, 0.1) is 33.1 Å². The van der Waals surface area contributed by atoms with Crippen LogP contribution in [-0.2, 0) is 0 Å². The second-order valence-electron chi connectivity index (χ2n) is 5.82. The summed E-state index contributed by atoms with van der Waals surface area (Å²) in [4.78, 5) is 25.0. The third kappa shape index (κ3) is 4.18. The molecule has 9 heteroatoms. The lowest BCUT2D eigenvalue weighted by Gasteiger charge is -2.13. The van der Waals surface area contributed by atoms with Gasteiger partial charge in [0, 0.05) is 11.8 Å². The molecular formula is C20H18FN3O5. The number of amides is 1. The van der Waals surface area contributed by atoms with Crippen LogP contribution in [0.5, 0.6) is 17.4 Å². The van der Waals surface area contributed by atoms with Crippen molar-refractivity contribution in [2.24, 2.45) is 0 Å². The van der Waals surface area contributed by atoms with Crippen LogP contribution in [-0.4, -0.2) is 37.0 Å². The zero-order valence-electron chi connectivity index (χ0n) is 15.9. The number of rotatable bonds is 6. The summed E-state index contributed by atoms with van der Waals surface area (Å²) in [6.45, 7) is 0. The quantitative estimate of drug-likeness (QED) is 0.685. The van der Waals surface area contributed by atoms with E-state index < -0.39 is 17.2 Å². The average molecular weight is 399 g/mol. The Bertz CT molecular complexity index is 1110. The third-order valence-electron chi connectivity index (χ3n) is 4.02. The molecule has 0 aliphatic heterocycles. The zero-order chi connectivity index (χ0) is 21.0. The van der Waals surface area contributed by atoms with Gasteiger partial charge in [0.25, 0.3) is 5.91 Å². The summed E-state index contributed by atoms with van der Waals surface area (Å²) in [5, 5.41) is 6.66. The van der Waals surface area contributed by atoms with Crippen molar-refractivity contribution in [2.45, 2.75) is 0 Å². The van der Waals surface area contributed by atoms with Crippen LogP contribution in [0.15, 0.2) is 53.3 Å². The Morgan fingerprint density at radius 3 is 2.41 bits per heavy atom. The van der Waals surface area contributed by atoms with Crippen LogP contribution in [0, 0.1) is 5.82 Å². The van der Waals surface area contributed by atoms with Gasteiger partial charge in [-0.2, -0.15) is 5.10 Å². The number of ether oxygens (including phenoxy) is 3. The molecule has 1 heterocycles. The van der Waals surface area contributed by atoms with Crippen molar-refractivity contribution in [2.75, 3.05) is 26.6 Å². The van der Waals surface area contributed by atoms with Crippen molar-refractivity contribution < 1.29 is 23.4 Å². The number of anilines is 1. The summed E-state index contributed by atoms with van der Waals surface area (Å²) in [7, 11) is 4.30. The third-order valence-corrected chi connectivity index (χ3v) is 4.02. The Labute approximate surface area is 165 Å². The van der Waals surface area contributed by atoms with Gasteiger partial charge in [0.15, 0.2) is 17.2 Å². The Balaban J connectivity index is 1.99. The fourth-order valence-electron chi connectivity index (χ4n) is 2.64. The molecule has 3 aromatic rings. The highest BCUT2D eigenvalue weighted by molar-refractivity contribution is 6.02. The maximum Gasteiger partial charge on any atom is 0.280 e. The lowest BCUT2D eigenvalue weighted by molar-refractivity contribution is 0.101. The number of nitrogens with zero attached hydrogens (tertiary/aromatic N) is 2. The Morgan fingerprint density at radius 2 is 1.76 bits per heavy atom. The van der Waals surface area contributed by atoms with Gasteiger partial charge in [-0.3, -0.25) is 9.59 Å². The van der Waals surface area contributed by atoms with Crippen LogP contribution < -0.4 is 25.0 Å². The zero-order valence-corrected chi connectivity index (χ0v) is 15.9. The van der Waals surface area contributed by atoms with Gasteiger partial charge in [-0.25, -0.2) is 9.07 Å². The molecule has 1 aromatic heterocycles. The summed E-state index contributed by atoms with van der Waals surface area (Å²) >= 11 is 0. The standard InChI is InChI=1S/C20H18FN3O5/c1-27-16-8-7-13(10-17(16)28-2)22-20(26)19-15(25)11-18(29-3)24(23-19)14-6-4-5-12(21)9-14/h4-11H,1-3H3,(H,22,26). The van der Waals surface area contributed by atoms with Crippen LogP contribution in [0.25, 0.3) is 5.69 Å². The highest BCUT2D eigenvalue weighted by atomic mass is 19.1. The van der Waals surface area contributed by atoms with Gasteiger partial charge in [0.1, 0.15) is 5.82 Å². The van der Waals surface area contributed by atoms with E-state index in [2.05, 4.69) is 10.4 Å². The molecule has 0 unspecified atom stereocenters. The van der Waals surface area contributed by atoms with Crippen LogP contribution in [0.3, 0.4) is 0 Å². The van der Waals surface area contributed by atoms with E-state index in [4.69, 9.17) is 14.2 Å². The molecule has 0 spiro atoms. The first-order chi connectivity index (χ1) is 14.0. The number of methoxy groups -OCH3 is 3. The highest BCUT2D eigenvalue weighted by Crippen LogP contribution is 2.29. The summed E-state index contributed by atoms with van der Waals surface area (Å²) in [6, 6.07) is 11.4. The molecule has 8 nitrogen and oxygen atoms in total. The first-order valence-corrected chi connectivity index (χ1v) is 8.44. The average Bonchev–Trinajstić information content (AvgIpc) is 2.73. The lowest BCUT2D eigenvalue weighted by Crippen LogP contribution is -2.26. The van der Waals surface area contributed by atoms with E-state index in [0.29, 0.717) is 22.9 Å². The molecule has 0 radical (unpaired) electrons. The number of benzene rings is 2. The van der Waals surface area contributed by atoms with Gasteiger partial charge >= 0.3 is 0 Å². The number of hydrogen-bond donors (Lipinski definition) is 1. The molecule has 0 saturated carbocycles. The first kappa shape index (κ1) is 19.9. The number of aromatic nitrogens is 2. The smallest absolute Gasteiger partial charge is 0.280 e. The second-order valence-corrected chi connectivity index (χ2v) is 5.82. The fourth-order valence-corrected chi connectivity index (χ4v) is 2.64. The maximum atomic E-state index is 13.6. The Hall–Kier alpha value is -3.88. The van der Waals surface area contributed by atoms with Crippen LogP contribution in [0.2, 0.25) is 0 Å². The van der Waals surface area contributed by atoms with Crippen molar-refractivity contribution in [1.82, 2.24) is 9.78 Å². The number of carbonyl (C=O) groups is 1. The van der Waals surface area contributed by atoms with E-state index in [0.717, 1.165) is 6.07 Å². The summed E-state index contributed by atoms with van der Waals surface area (Å²) < 4.78 is 30.3. The van der Waals surface area contributed by atoms with E-state index in [-0.39, 0.29) is 11.6 Å². The molecular weight excluding hydrogens is 381 g/mol. The molecule has 0 fully saturated rings. The number of carbonyl (C=O) groups excluding carboxylic acids is 1. The molecule has 0 atom stereocenters. The molecule has 0 aliphatic rings. The number of nitrogens with one attached hydrogen (secondary N) is 1. The van der Waals surface area contributed by atoms with E-state index in [1.807, 2.05) is 0 Å². The van der Waals surface area contributed by atoms with Crippen molar-refractivity contribution in [3.63, 3.8) is 0 Å². The van der Waals surface area contributed by atoms with E-state index in [9.17, 15) is 14.0 Å². The van der Waals surface area contributed by atoms with Crippen molar-refractivity contribution in [3.05, 3.63) is 70.3 Å². The monoisotopic (exact) mass is 399 g/mol. The van der Waals surface area contributed by atoms with Gasteiger partial charge in [0.2, 0.25) is 11.3 Å². The molecule has 0 saturated heterocycles. The summed E-state index contributed by atoms with van der Waals surface area (Å²) in [5.41, 5.74) is -0.360. The fraction of sp³-hybridized carbons (Fsp3) is 0.150. The van der Waals surface area contributed by atoms with Gasteiger partial charge < -0.3 is 19.5 Å². The molecule has 2 aromatic carbocycles. The van der Waals surface area contributed by atoms with Crippen molar-refractivity contribution in [1.29, 1.82) is 0 Å². The molecule has 3 rings (SSSR count). The largest absolute Gasteiger partial charge is 0.493 e. The molecule has 1 amide bonds. The van der Waals surface area contributed by atoms with Gasteiger partial charge in [-0.1, -0.05) is 6.07 Å². The molecule has 150 valence electrons. The number of halogens is 1. The minimum absolute atomic E-state index is 0.0586. The summed E-state index contributed by atoms with van der Waals surface area (Å²) in [6.07, 6.45) is 0. The predicted octanol–water partition coefficient (Wildman–Crippen LogP) is 2.65. The minimum atomic E-state index is -0.741. The first-order valence-electron chi connectivity index (χ1n) is 8.44. The van der Waals surface area contributed by atoms with Gasteiger partial charge in [-0.05, 0) is 30.3 Å². The van der Waals surface area contributed by atoms with Crippen LogP contribution in [0.1, 0.15) is 10.5 Å². The van der Waals surface area contributed by atoms with Crippen LogP contribution >= 0.6 is 0 Å². The molecule has 29 heavy (non-hydrogen) atoms. The van der Waals surface area contributed by atoms with Crippen LogP contribution in [0.4, 0.5) is 10.1 Å². The normalized spacial score (nSPS) is 10.3. The topological polar surface area (TPSA) is 91.7 Å². The van der Waals surface area contributed by atoms with Crippen molar-refractivity contribution >= 4 is 11.6 Å². The van der Waals surface area contributed by atoms with E-state index >= 15 is 0 Å². The van der Waals surface area contributed by atoms with E-state index in [1.54, 1.807) is 24.3 Å². The Morgan fingerprint density at radius 1 is 1.00 bits per heavy atom. The lowest BCUT2D eigenvalue weighted by atomic mass is 10.2. The van der Waals surface area contributed by atoms with E-state index in [1.165, 1.54) is 44.2 Å². The molecule has 0 aliphatic carbocycles. The number of hydrogen-bond acceptors (Lipinski definition) is 6. The molecule has 1 N–H and O–H groups in total. The maximum absolute atomic E-state index is 13.6. The van der Waals surface area contributed by atoms with Gasteiger partial charge in [-0.15, -0.1) is 0 Å². The highest BCUT2D eigenvalue weighted by Gasteiger charge is 2.18.